The van der Waals surface area contributed by atoms with E-state index < -0.39 is 0 Å². The molecule has 3 rings (SSSR count). The molecule has 2 aromatic carbocycles. The minimum Gasteiger partial charge on any atom is -0.504 e. The zero-order valence-electron chi connectivity index (χ0n) is 13.2. The number of aromatic hydroxyl groups is 1. The quantitative estimate of drug-likeness (QED) is 0.639. The maximum Gasteiger partial charge on any atom is 0.161 e. The molecule has 0 aliphatic heterocycles. The average Bonchev–Trinajstić information content (AvgIpc) is 3.11. The summed E-state index contributed by atoms with van der Waals surface area (Å²) in [5, 5.41) is 22.3. The zero-order valence-corrected chi connectivity index (χ0v) is 14.8. The summed E-state index contributed by atoms with van der Waals surface area (Å²) in [5.74, 6) is 0.407. The van der Waals surface area contributed by atoms with Gasteiger partial charge in [-0.2, -0.15) is 5.26 Å². The van der Waals surface area contributed by atoms with Crippen molar-refractivity contribution in [3.63, 3.8) is 0 Å². The van der Waals surface area contributed by atoms with Gasteiger partial charge in [-0.25, -0.2) is 4.98 Å². The van der Waals surface area contributed by atoms with E-state index in [0.29, 0.717) is 21.4 Å². The van der Waals surface area contributed by atoms with Gasteiger partial charge in [-0.05, 0) is 35.9 Å². The Labute approximate surface area is 154 Å². The summed E-state index contributed by atoms with van der Waals surface area (Å²) in [4.78, 5) is 4.54. The van der Waals surface area contributed by atoms with Crippen LogP contribution < -0.4 is 4.74 Å². The fourth-order valence-corrected chi connectivity index (χ4v) is 3.16. The fraction of sp³-hybridized carbons (Fsp3) is 0.0526. The molecular formula is C19H13ClN2O2S. The van der Waals surface area contributed by atoms with Crippen LogP contribution >= 0.6 is 22.9 Å². The molecule has 0 amide bonds. The summed E-state index contributed by atoms with van der Waals surface area (Å²) in [5.41, 5.74) is 2.92. The largest absolute Gasteiger partial charge is 0.504 e. The molecule has 1 heterocycles. The van der Waals surface area contributed by atoms with Crippen molar-refractivity contribution in [3.05, 3.63) is 63.4 Å². The van der Waals surface area contributed by atoms with Crippen LogP contribution in [0.2, 0.25) is 5.02 Å². The van der Waals surface area contributed by atoms with Gasteiger partial charge in [0.25, 0.3) is 0 Å². The molecule has 0 unspecified atom stereocenters. The molecular weight excluding hydrogens is 356 g/mol. The number of phenols is 1. The number of aromatic nitrogens is 1. The highest BCUT2D eigenvalue weighted by molar-refractivity contribution is 7.11. The first-order valence-electron chi connectivity index (χ1n) is 7.31. The van der Waals surface area contributed by atoms with Gasteiger partial charge in [0, 0.05) is 16.0 Å². The third-order valence-corrected chi connectivity index (χ3v) is 4.64. The topological polar surface area (TPSA) is 66.1 Å². The lowest BCUT2D eigenvalue weighted by Crippen LogP contribution is -1.86. The number of benzene rings is 2. The molecule has 0 aliphatic carbocycles. The van der Waals surface area contributed by atoms with Gasteiger partial charge in [0.05, 0.1) is 18.4 Å². The summed E-state index contributed by atoms with van der Waals surface area (Å²) in [6.07, 6.45) is 1.71. The van der Waals surface area contributed by atoms with Gasteiger partial charge in [0.2, 0.25) is 0 Å². The van der Waals surface area contributed by atoms with E-state index in [0.717, 1.165) is 16.8 Å². The van der Waals surface area contributed by atoms with Crippen LogP contribution in [0.5, 0.6) is 11.5 Å². The number of rotatable bonds is 4. The van der Waals surface area contributed by atoms with E-state index in [1.54, 1.807) is 30.3 Å². The van der Waals surface area contributed by atoms with Crippen LogP contribution in [-0.4, -0.2) is 17.2 Å². The molecule has 1 aromatic heterocycles. The molecule has 0 bridgehead atoms. The van der Waals surface area contributed by atoms with Gasteiger partial charge >= 0.3 is 0 Å². The van der Waals surface area contributed by atoms with Crippen LogP contribution in [0.15, 0.2) is 47.8 Å². The Balaban J connectivity index is 1.94. The molecule has 25 heavy (non-hydrogen) atoms. The van der Waals surface area contributed by atoms with E-state index >= 15 is 0 Å². The first-order valence-corrected chi connectivity index (χ1v) is 8.57. The van der Waals surface area contributed by atoms with E-state index in [2.05, 4.69) is 11.1 Å². The van der Waals surface area contributed by atoms with Crippen LogP contribution in [0.4, 0.5) is 0 Å². The van der Waals surface area contributed by atoms with E-state index in [1.807, 2.05) is 17.5 Å². The van der Waals surface area contributed by atoms with Gasteiger partial charge in [-0.15, -0.1) is 11.3 Å². The molecule has 0 radical (unpaired) electrons. The fourth-order valence-electron chi connectivity index (χ4n) is 2.24. The number of halogens is 1. The molecule has 0 spiro atoms. The molecule has 0 saturated heterocycles. The van der Waals surface area contributed by atoms with Crippen molar-refractivity contribution in [2.45, 2.75) is 0 Å². The first-order chi connectivity index (χ1) is 12.1. The predicted octanol–water partition coefficient (Wildman–Crippen LogP) is 5.24. The number of thiazole rings is 1. The molecule has 3 aromatic rings. The maximum absolute atomic E-state index is 9.66. The Hall–Kier alpha value is -2.81. The zero-order chi connectivity index (χ0) is 17.8. The highest BCUT2D eigenvalue weighted by Crippen LogP contribution is 2.30. The lowest BCUT2D eigenvalue weighted by Gasteiger charge is -2.04. The van der Waals surface area contributed by atoms with Crippen molar-refractivity contribution in [2.75, 3.05) is 7.11 Å². The predicted molar refractivity (Wildman–Crippen MR) is 101 cm³/mol. The second-order valence-corrected chi connectivity index (χ2v) is 6.44. The van der Waals surface area contributed by atoms with Crippen LogP contribution in [-0.2, 0) is 0 Å². The van der Waals surface area contributed by atoms with Gasteiger partial charge in [0.1, 0.15) is 11.1 Å². The van der Waals surface area contributed by atoms with Crippen LogP contribution in [0.3, 0.4) is 0 Å². The van der Waals surface area contributed by atoms with E-state index in [1.165, 1.54) is 24.5 Å². The maximum atomic E-state index is 9.66. The summed E-state index contributed by atoms with van der Waals surface area (Å²) in [6, 6.07) is 14.5. The normalized spacial score (nSPS) is 11.2. The van der Waals surface area contributed by atoms with E-state index in [4.69, 9.17) is 16.3 Å². The van der Waals surface area contributed by atoms with Crippen LogP contribution in [0, 0.1) is 11.3 Å². The Morgan fingerprint density at radius 1 is 1.28 bits per heavy atom. The molecule has 6 heteroatoms. The third-order valence-electron chi connectivity index (χ3n) is 3.51. The Kier molecular flexibility index (Phi) is 5.03. The molecule has 4 nitrogen and oxygen atoms in total. The number of methoxy groups -OCH3 is 1. The standard InChI is InChI=1S/C19H13ClN2O2S/c1-24-18-9-12(2-7-17(18)23)8-14(10-21)19-22-16(11-25-19)13-3-5-15(20)6-4-13/h2-9,11,23H,1H3. The number of ether oxygens (including phenoxy) is 1. The van der Waals surface area contributed by atoms with Crippen molar-refractivity contribution >= 4 is 34.6 Å². The van der Waals surface area contributed by atoms with Crippen molar-refractivity contribution < 1.29 is 9.84 Å². The highest BCUT2D eigenvalue weighted by Gasteiger charge is 2.10. The highest BCUT2D eigenvalue weighted by atomic mass is 35.5. The number of hydrogen-bond acceptors (Lipinski definition) is 5. The molecule has 0 aliphatic rings. The van der Waals surface area contributed by atoms with Crippen LogP contribution in [0.25, 0.3) is 22.9 Å². The van der Waals surface area contributed by atoms with Gasteiger partial charge in [0.15, 0.2) is 11.5 Å². The van der Waals surface area contributed by atoms with Crippen molar-refractivity contribution in [1.29, 1.82) is 5.26 Å². The summed E-state index contributed by atoms with van der Waals surface area (Å²) in [6.45, 7) is 0. The van der Waals surface area contributed by atoms with Crippen molar-refractivity contribution in [2.24, 2.45) is 0 Å². The Morgan fingerprint density at radius 3 is 2.72 bits per heavy atom. The third kappa shape index (κ3) is 3.82. The van der Waals surface area contributed by atoms with Gasteiger partial charge in [-0.1, -0.05) is 29.8 Å². The monoisotopic (exact) mass is 368 g/mol. The van der Waals surface area contributed by atoms with Crippen molar-refractivity contribution in [3.8, 4) is 28.8 Å². The summed E-state index contributed by atoms with van der Waals surface area (Å²) < 4.78 is 5.09. The summed E-state index contributed by atoms with van der Waals surface area (Å²) >= 11 is 7.30. The minimum absolute atomic E-state index is 0.0532. The van der Waals surface area contributed by atoms with Gasteiger partial charge < -0.3 is 9.84 Å². The van der Waals surface area contributed by atoms with Gasteiger partial charge in [-0.3, -0.25) is 0 Å². The molecule has 1 N–H and O–H groups in total. The van der Waals surface area contributed by atoms with Crippen molar-refractivity contribution in [1.82, 2.24) is 4.98 Å². The average molecular weight is 369 g/mol. The number of nitrogens with zero attached hydrogens (tertiary/aromatic N) is 2. The number of phenolic OH excluding ortho intramolecular Hbond substituents is 1. The Morgan fingerprint density at radius 2 is 2.04 bits per heavy atom. The molecule has 0 fully saturated rings. The molecule has 0 atom stereocenters. The Bertz CT molecular complexity index is 972. The number of nitriles is 1. The first kappa shape index (κ1) is 17.0. The van der Waals surface area contributed by atoms with Crippen LogP contribution in [0.1, 0.15) is 10.6 Å². The number of allylic oxidation sites excluding steroid dienone is 1. The number of hydrogen-bond donors (Lipinski definition) is 1. The lowest BCUT2D eigenvalue weighted by molar-refractivity contribution is 0.373. The summed E-state index contributed by atoms with van der Waals surface area (Å²) in [7, 11) is 1.48. The minimum atomic E-state index is 0.0532. The molecule has 124 valence electrons. The smallest absolute Gasteiger partial charge is 0.161 e. The lowest BCUT2D eigenvalue weighted by atomic mass is 10.1. The second kappa shape index (κ2) is 7.39. The van der Waals surface area contributed by atoms with E-state index in [9.17, 15) is 10.4 Å². The molecule has 0 saturated carbocycles. The van der Waals surface area contributed by atoms with E-state index in [-0.39, 0.29) is 5.75 Å². The SMILES string of the molecule is COc1cc(C=C(C#N)c2nc(-c3ccc(Cl)cc3)cs2)ccc1O. The second-order valence-electron chi connectivity index (χ2n) is 5.15.